The number of anilines is 1. The van der Waals surface area contributed by atoms with Crippen molar-refractivity contribution in [3.8, 4) is 12.3 Å². The molecule has 0 spiro atoms. The molecule has 12 heavy (non-hydrogen) atoms. The van der Waals surface area contributed by atoms with Gasteiger partial charge in [0.25, 0.3) is 0 Å². The third-order valence-electron chi connectivity index (χ3n) is 1.31. The molecule has 0 atom stereocenters. The van der Waals surface area contributed by atoms with E-state index < -0.39 is 0 Å². The van der Waals surface area contributed by atoms with Gasteiger partial charge in [0.1, 0.15) is 0 Å². The summed E-state index contributed by atoms with van der Waals surface area (Å²) in [4.78, 5) is 0. The molecule has 0 heterocycles. The monoisotopic (exact) mass is 199 g/mol. The summed E-state index contributed by atoms with van der Waals surface area (Å²) < 4.78 is 0. The maximum Gasteiger partial charge on any atom is 0.0763 e. The van der Waals surface area contributed by atoms with Gasteiger partial charge in [-0.05, 0) is 18.2 Å². The molecule has 0 aliphatic carbocycles. The molecule has 62 valence electrons. The standard InChI is InChI=1S/C9H7Cl2N/c1-2-5-12-9-4-3-7(10)6-8(9)11/h1,3-4,6,12H,5H2. The van der Waals surface area contributed by atoms with E-state index in [9.17, 15) is 0 Å². The Balaban J connectivity index is 2.81. The summed E-state index contributed by atoms with van der Waals surface area (Å²) in [5.41, 5.74) is 0.805. The normalized spacial score (nSPS) is 9.08. The quantitative estimate of drug-likeness (QED) is 0.723. The summed E-state index contributed by atoms with van der Waals surface area (Å²) >= 11 is 11.5. The first-order valence-corrected chi connectivity index (χ1v) is 4.12. The SMILES string of the molecule is C#CCNc1ccc(Cl)cc1Cl. The van der Waals surface area contributed by atoms with Crippen LogP contribution in [-0.2, 0) is 0 Å². The van der Waals surface area contributed by atoms with E-state index in [0.29, 0.717) is 16.6 Å². The second-order valence-electron chi connectivity index (χ2n) is 2.18. The van der Waals surface area contributed by atoms with Gasteiger partial charge < -0.3 is 5.32 Å². The topological polar surface area (TPSA) is 12.0 Å². The second kappa shape index (κ2) is 4.25. The summed E-state index contributed by atoms with van der Waals surface area (Å²) in [6, 6.07) is 5.22. The van der Waals surface area contributed by atoms with Crippen molar-refractivity contribution in [2.24, 2.45) is 0 Å². The Labute approximate surface area is 81.7 Å². The minimum absolute atomic E-state index is 0.460. The Morgan fingerprint density at radius 1 is 1.42 bits per heavy atom. The Bertz CT molecular complexity index is 315. The molecule has 1 aromatic rings. The number of terminal acetylenes is 1. The van der Waals surface area contributed by atoms with Gasteiger partial charge in [-0.25, -0.2) is 0 Å². The molecule has 0 radical (unpaired) electrons. The fourth-order valence-electron chi connectivity index (χ4n) is 0.779. The van der Waals surface area contributed by atoms with Crippen LogP contribution < -0.4 is 5.32 Å². The van der Waals surface area contributed by atoms with E-state index in [1.807, 2.05) is 0 Å². The second-order valence-corrected chi connectivity index (χ2v) is 3.03. The van der Waals surface area contributed by atoms with Crippen molar-refractivity contribution in [1.82, 2.24) is 0 Å². The number of hydrogen-bond donors (Lipinski definition) is 1. The molecule has 3 heteroatoms. The highest BCUT2D eigenvalue weighted by Crippen LogP contribution is 2.24. The summed E-state index contributed by atoms with van der Waals surface area (Å²) in [6.45, 7) is 0.460. The molecule has 0 aliphatic rings. The summed E-state index contributed by atoms with van der Waals surface area (Å²) in [5.74, 6) is 2.46. The van der Waals surface area contributed by atoms with Crippen molar-refractivity contribution in [3.05, 3.63) is 28.2 Å². The molecule has 0 aliphatic heterocycles. The van der Waals surface area contributed by atoms with Gasteiger partial charge in [0, 0.05) is 5.02 Å². The number of benzene rings is 1. The van der Waals surface area contributed by atoms with E-state index in [1.54, 1.807) is 18.2 Å². The lowest BCUT2D eigenvalue weighted by Gasteiger charge is -2.04. The molecular weight excluding hydrogens is 193 g/mol. The molecule has 1 nitrogen and oxygen atoms in total. The van der Waals surface area contributed by atoms with E-state index >= 15 is 0 Å². The number of rotatable bonds is 2. The molecule has 0 saturated heterocycles. The van der Waals surface area contributed by atoms with Gasteiger partial charge in [-0.15, -0.1) is 6.42 Å². The van der Waals surface area contributed by atoms with E-state index in [1.165, 1.54) is 0 Å². The maximum absolute atomic E-state index is 5.85. The highest BCUT2D eigenvalue weighted by molar-refractivity contribution is 6.36. The van der Waals surface area contributed by atoms with Gasteiger partial charge >= 0.3 is 0 Å². The maximum atomic E-state index is 5.85. The van der Waals surface area contributed by atoms with Crippen LogP contribution in [0.5, 0.6) is 0 Å². The van der Waals surface area contributed by atoms with Crippen LogP contribution in [0.2, 0.25) is 10.0 Å². The van der Waals surface area contributed by atoms with Crippen molar-refractivity contribution < 1.29 is 0 Å². The van der Waals surface area contributed by atoms with Gasteiger partial charge in [-0.1, -0.05) is 29.1 Å². The molecule has 0 aromatic heterocycles. The average Bonchev–Trinajstić information content (AvgIpc) is 2.03. The summed E-state index contributed by atoms with van der Waals surface area (Å²) in [5, 5.41) is 4.16. The highest BCUT2D eigenvalue weighted by atomic mass is 35.5. The van der Waals surface area contributed by atoms with Gasteiger partial charge in [-0.2, -0.15) is 0 Å². The molecule has 0 fully saturated rings. The van der Waals surface area contributed by atoms with Gasteiger partial charge in [0.2, 0.25) is 0 Å². The molecule has 1 rings (SSSR count). The first kappa shape index (κ1) is 9.25. The van der Waals surface area contributed by atoms with Gasteiger partial charge in [-0.3, -0.25) is 0 Å². The number of hydrogen-bond acceptors (Lipinski definition) is 1. The molecule has 0 unspecified atom stereocenters. The average molecular weight is 200 g/mol. The fraction of sp³-hybridized carbons (Fsp3) is 0.111. The van der Waals surface area contributed by atoms with Crippen LogP contribution in [0.15, 0.2) is 18.2 Å². The van der Waals surface area contributed by atoms with Crippen molar-refractivity contribution in [3.63, 3.8) is 0 Å². The fourth-order valence-corrected chi connectivity index (χ4v) is 1.25. The Kier molecular flexibility index (Phi) is 3.28. The predicted molar refractivity (Wildman–Crippen MR) is 53.8 cm³/mol. The predicted octanol–water partition coefficient (Wildman–Crippen LogP) is 3.04. The Hall–Kier alpha value is -0.840. The number of nitrogens with one attached hydrogen (secondary N) is 1. The Morgan fingerprint density at radius 3 is 2.75 bits per heavy atom. The highest BCUT2D eigenvalue weighted by Gasteiger charge is 1.98. The van der Waals surface area contributed by atoms with E-state index in [-0.39, 0.29) is 0 Å². The van der Waals surface area contributed by atoms with E-state index in [4.69, 9.17) is 29.6 Å². The molecule has 1 aromatic carbocycles. The third-order valence-corrected chi connectivity index (χ3v) is 1.86. The van der Waals surface area contributed by atoms with Crippen LogP contribution in [0.25, 0.3) is 0 Å². The lowest BCUT2D eigenvalue weighted by molar-refractivity contribution is 1.38. The summed E-state index contributed by atoms with van der Waals surface area (Å²) in [6.07, 6.45) is 5.07. The van der Waals surface area contributed by atoms with Gasteiger partial charge in [0.05, 0.1) is 17.3 Å². The Morgan fingerprint density at radius 2 is 2.17 bits per heavy atom. The number of halogens is 2. The zero-order valence-corrected chi connectivity index (χ0v) is 7.78. The van der Waals surface area contributed by atoms with Gasteiger partial charge in [0.15, 0.2) is 0 Å². The molecular formula is C9H7Cl2N. The van der Waals surface area contributed by atoms with Crippen molar-refractivity contribution in [2.75, 3.05) is 11.9 Å². The summed E-state index contributed by atoms with van der Waals surface area (Å²) in [7, 11) is 0. The third kappa shape index (κ3) is 2.34. The van der Waals surface area contributed by atoms with Crippen LogP contribution in [0, 0.1) is 12.3 Å². The van der Waals surface area contributed by atoms with E-state index in [2.05, 4.69) is 11.2 Å². The minimum atomic E-state index is 0.460. The molecule has 1 N–H and O–H groups in total. The molecule has 0 amide bonds. The molecule has 0 bridgehead atoms. The van der Waals surface area contributed by atoms with E-state index in [0.717, 1.165) is 5.69 Å². The van der Waals surface area contributed by atoms with Crippen molar-refractivity contribution >= 4 is 28.9 Å². The van der Waals surface area contributed by atoms with Crippen LogP contribution in [0.3, 0.4) is 0 Å². The smallest absolute Gasteiger partial charge is 0.0763 e. The first-order valence-electron chi connectivity index (χ1n) is 3.36. The minimum Gasteiger partial charge on any atom is -0.373 e. The van der Waals surface area contributed by atoms with Crippen LogP contribution >= 0.6 is 23.2 Å². The van der Waals surface area contributed by atoms with Crippen LogP contribution in [0.1, 0.15) is 0 Å². The molecule has 0 saturated carbocycles. The van der Waals surface area contributed by atoms with Crippen LogP contribution in [-0.4, -0.2) is 6.54 Å². The lowest BCUT2D eigenvalue weighted by Crippen LogP contribution is -1.98. The zero-order valence-electron chi connectivity index (χ0n) is 6.27. The van der Waals surface area contributed by atoms with Crippen molar-refractivity contribution in [2.45, 2.75) is 0 Å². The van der Waals surface area contributed by atoms with Crippen LogP contribution in [0.4, 0.5) is 5.69 Å². The zero-order chi connectivity index (χ0) is 8.97. The van der Waals surface area contributed by atoms with Crippen molar-refractivity contribution in [1.29, 1.82) is 0 Å². The largest absolute Gasteiger partial charge is 0.373 e. The first-order chi connectivity index (χ1) is 5.74. The lowest BCUT2D eigenvalue weighted by atomic mass is 10.3.